The average Bonchev–Trinajstić information content (AvgIpc) is 2.88. The summed E-state index contributed by atoms with van der Waals surface area (Å²) >= 11 is 0. The van der Waals surface area contributed by atoms with Gasteiger partial charge in [0.2, 0.25) is 5.72 Å². The van der Waals surface area contributed by atoms with E-state index in [0.29, 0.717) is 6.42 Å². The summed E-state index contributed by atoms with van der Waals surface area (Å²) in [6, 6.07) is 1.25. The number of hydrogen-bond acceptors (Lipinski definition) is 9. The Morgan fingerprint density at radius 2 is 2.33 bits per heavy atom. The molecule has 1 fully saturated rings. The number of unbranched alkanes of at least 4 members (excludes halogenated alkanes) is 1. The first-order valence-electron chi connectivity index (χ1n) is 8.12. The molecule has 4 unspecified atom stereocenters. The van der Waals surface area contributed by atoms with Crippen LogP contribution in [0.5, 0.6) is 0 Å². The Morgan fingerprint density at radius 1 is 1.59 bits per heavy atom. The number of rotatable bonds is 7. The van der Waals surface area contributed by atoms with Crippen molar-refractivity contribution in [1.29, 1.82) is 0 Å². The minimum Gasteiger partial charge on any atom is -0.449 e. The van der Waals surface area contributed by atoms with Crippen molar-refractivity contribution in [1.82, 2.24) is 9.55 Å². The molecule has 0 spiro atoms. The van der Waals surface area contributed by atoms with Crippen molar-refractivity contribution in [2.75, 3.05) is 18.5 Å². The third kappa shape index (κ3) is 4.35. The molecule has 2 rings (SSSR count). The van der Waals surface area contributed by atoms with Gasteiger partial charge >= 0.3 is 11.8 Å². The zero-order chi connectivity index (χ0) is 20.0. The van der Waals surface area contributed by atoms with Crippen LogP contribution in [0.4, 0.5) is 10.6 Å². The number of aliphatic hydroxyl groups excluding tert-OH is 3. The van der Waals surface area contributed by atoms with Gasteiger partial charge in [-0.1, -0.05) is 18.5 Å². The van der Waals surface area contributed by atoms with Gasteiger partial charge in [0.05, 0.1) is 13.2 Å². The Morgan fingerprint density at radius 3 is 2.93 bits per heavy atom. The van der Waals surface area contributed by atoms with Gasteiger partial charge in [0.25, 0.3) is 0 Å². The molecule has 0 radical (unpaired) electrons. The Bertz CT molecular complexity index is 779. The van der Waals surface area contributed by atoms with Crippen LogP contribution in [0.3, 0.4) is 0 Å². The van der Waals surface area contributed by atoms with E-state index in [9.17, 15) is 24.9 Å². The monoisotopic (exact) mass is 384 g/mol. The van der Waals surface area contributed by atoms with Gasteiger partial charge < -0.3 is 24.8 Å². The van der Waals surface area contributed by atoms with Crippen LogP contribution in [0.25, 0.3) is 10.4 Å². The molecule has 148 valence electrons. The zero-order valence-electron chi connectivity index (χ0n) is 14.4. The van der Waals surface area contributed by atoms with E-state index < -0.39 is 42.6 Å². The zero-order valence-corrected chi connectivity index (χ0v) is 14.4. The van der Waals surface area contributed by atoms with Crippen LogP contribution in [-0.2, 0) is 9.47 Å². The lowest BCUT2D eigenvalue weighted by Gasteiger charge is -2.23. The molecular formula is C14H20N6O7. The lowest BCUT2D eigenvalue weighted by atomic mass is 10.1. The van der Waals surface area contributed by atoms with Gasteiger partial charge in [0.1, 0.15) is 18.0 Å². The topological polar surface area (TPSA) is 192 Å². The quantitative estimate of drug-likeness (QED) is 0.215. The van der Waals surface area contributed by atoms with Crippen LogP contribution in [0.2, 0.25) is 0 Å². The van der Waals surface area contributed by atoms with E-state index in [0.717, 1.165) is 17.2 Å². The molecule has 0 bridgehead atoms. The third-order valence-corrected chi connectivity index (χ3v) is 3.91. The number of nitrogens with one attached hydrogen (secondary N) is 1. The van der Waals surface area contributed by atoms with E-state index in [1.165, 1.54) is 6.07 Å². The molecule has 1 saturated heterocycles. The highest BCUT2D eigenvalue weighted by Gasteiger charge is 2.54. The SMILES string of the molecule is CCCCOC(=O)Nc1ccn(C2OC(CO)(N=[N+]=[N-])C(O)C2O)c(=O)n1. The molecule has 13 nitrogen and oxygen atoms in total. The van der Waals surface area contributed by atoms with Gasteiger partial charge in [-0.05, 0) is 18.0 Å². The number of hydrogen-bond donors (Lipinski definition) is 4. The number of carbonyl (C=O) groups is 1. The van der Waals surface area contributed by atoms with E-state index in [-0.39, 0.29) is 12.4 Å². The number of aromatic nitrogens is 2. The fraction of sp³-hybridized carbons (Fsp3) is 0.643. The predicted octanol–water partition coefficient (Wildman–Crippen LogP) is -0.159. The van der Waals surface area contributed by atoms with Crippen molar-refractivity contribution in [3.8, 4) is 0 Å². The molecule has 1 aromatic heterocycles. The highest BCUT2D eigenvalue weighted by molar-refractivity contribution is 5.83. The largest absolute Gasteiger partial charge is 0.449 e. The standard InChI is InChI=1S/C14H20N6O7/c1-2-3-6-26-13(25)17-8-4-5-20(12(24)16-8)11-9(22)10(23)14(7-21,27-11)18-19-15/h4-5,9-11,21-23H,2-3,6-7H2,1H3,(H,16,17,24,25). The van der Waals surface area contributed by atoms with Gasteiger partial charge in [-0.2, -0.15) is 4.98 Å². The summed E-state index contributed by atoms with van der Waals surface area (Å²) in [6.45, 7) is 1.24. The van der Waals surface area contributed by atoms with Crippen molar-refractivity contribution >= 4 is 11.9 Å². The van der Waals surface area contributed by atoms with Crippen molar-refractivity contribution in [3.63, 3.8) is 0 Å². The van der Waals surface area contributed by atoms with E-state index in [4.69, 9.17) is 15.0 Å². The molecule has 1 amide bonds. The highest BCUT2D eigenvalue weighted by atomic mass is 16.6. The van der Waals surface area contributed by atoms with Crippen LogP contribution in [0, 0.1) is 0 Å². The predicted molar refractivity (Wildman–Crippen MR) is 89.5 cm³/mol. The summed E-state index contributed by atoms with van der Waals surface area (Å²) in [5.74, 6) is -0.0887. The van der Waals surface area contributed by atoms with Crippen LogP contribution in [-0.4, -0.2) is 62.1 Å². The van der Waals surface area contributed by atoms with Crippen molar-refractivity contribution in [2.24, 2.45) is 5.11 Å². The van der Waals surface area contributed by atoms with Gasteiger partial charge in [0, 0.05) is 11.1 Å². The number of aliphatic hydroxyl groups is 3. The van der Waals surface area contributed by atoms with E-state index in [1.807, 2.05) is 6.92 Å². The second kappa shape index (κ2) is 8.79. The van der Waals surface area contributed by atoms with E-state index in [1.54, 1.807) is 0 Å². The number of nitrogens with zero attached hydrogens (tertiary/aromatic N) is 5. The normalized spacial score (nSPS) is 27.0. The maximum Gasteiger partial charge on any atom is 0.412 e. The summed E-state index contributed by atoms with van der Waals surface area (Å²) in [7, 11) is 0. The lowest BCUT2D eigenvalue weighted by Crippen LogP contribution is -2.44. The van der Waals surface area contributed by atoms with Crippen LogP contribution in [0.1, 0.15) is 26.0 Å². The Kier molecular flexibility index (Phi) is 6.71. The summed E-state index contributed by atoms with van der Waals surface area (Å²) < 4.78 is 11.0. The van der Waals surface area contributed by atoms with E-state index in [2.05, 4.69) is 20.3 Å². The lowest BCUT2D eigenvalue weighted by molar-refractivity contribution is -0.125. The number of amides is 1. The number of ether oxygens (including phenoxy) is 2. The summed E-state index contributed by atoms with van der Waals surface area (Å²) in [5.41, 5.74) is 5.51. The Hall–Kier alpha value is -2.70. The Labute approximate surface area is 152 Å². The van der Waals surface area contributed by atoms with Crippen LogP contribution in [0.15, 0.2) is 22.2 Å². The average molecular weight is 384 g/mol. The first-order valence-corrected chi connectivity index (χ1v) is 8.12. The maximum atomic E-state index is 12.2. The molecule has 0 aliphatic carbocycles. The molecule has 0 aromatic carbocycles. The first-order chi connectivity index (χ1) is 12.9. The van der Waals surface area contributed by atoms with Gasteiger partial charge in [-0.15, -0.1) is 0 Å². The van der Waals surface area contributed by atoms with Crippen molar-refractivity contribution in [3.05, 3.63) is 33.2 Å². The maximum absolute atomic E-state index is 12.2. The number of azide groups is 1. The molecule has 1 aromatic rings. The molecule has 4 N–H and O–H groups in total. The van der Waals surface area contributed by atoms with E-state index >= 15 is 0 Å². The first kappa shape index (κ1) is 20.6. The van der Waals surface area contributed by atoms with Gasteiger partial charge in [-0.3, -0.25) is 9.88 Å². The molecular weight excluding hydrogens is 364 g/mol. The Balaban J connectivity index is 2.17. The molecule has 1 aliphatic rings. The number of carbonyl (C=O) groups excluding carboxylic acids is 1. The minimum absolute atomic E-state index is 0.0887. The van der Waals surface area contributed by atoms with Crippen molar-refractivity contribution in [2.45, 2.75) is 43.9 Å². The van der Waals surface area contributed by atoms with Crippen LogP contribution < -0.4 is 11.0 Å². The molecule has 2 heterocycles. The van der Waals surface area contributed by atoms with Crippen molar-refractivity contribution < 1.29 is 29.6 Å². The molecule has 4 atom stereocenters. The smallest absolute Gasteiger partial charge is 0.412 e. The third-order valence-electron chi connectivity index (χ3n) is 3.91. The summed E-state index contributed by atoms with van der Waals surface area (Å²) in [5, 5.41) is 35.0. The fourth-order valence-corrected chi connectivity index (χ4v) is 2.44. The minimum atomic E-state index is -2.14. The second-order valence-electron chi connectivity index (χ2n) is 5.75. The molecule has 0 saturated carbocycles. The summed E-state index contributed by atoms with van der Waals surface area (Å²) in [4.78, 5) is 29.9. The fourth-order valence-electron chi connectivity index (χ4n) is 2.44. The second-order valence-corrected chi connectivity index (χ2v) is 5.75. The number of anilines is 1. The van der Waals surface area contributed by atoms with Gasteiger partial charge in [0.15, 0.2) is 6.23 Å². The van der Waals surface area contributed by atoms with Crippen LogP contribution >= 0.6 is 0 Å². The molecule has 27 heavy (non-hydrogen) atoms. The summed E-state index contributed by atoms with van der Waals surface area (Å²) in [6.07, 6.45) is -3.00. The van der Waals surface area contributed by atoms with Gasteiger partial charge in [-0.25, -0.2) is 9.59 Å². The molecule has 1 aliphatic heterocycles. The molecule has 13 heteroatoms. The highest BCUT2D eigenvalue weighted by Crippen LogP contribution is 2.37.